The molecule has 0 saturated carbocycles. The second-order valence-corrected chi connectivity index (χ2v) is 8.93. The molecule has 2 amide bonds. The molecular weight excluding hydrogens is 394 g/mol. The van der Waals surface area contributed by atoms with E-state index in [1.54, 1.807) is 40.6 Å². The Balaban J connectivity index is 1.71. The van der Waals surface area contributed by atoms with Crippen LogP contribution in [-0.2, 0) is 16.0 Å². The first-order valence-corrected chi connectivity index (χ1v) is 11.1. The van der Waals surface area contributed by atoms with E-state index in [1.165, 1.54) is 12.4 Å². The third kappa shape index (κ3) is 7.74. The van der Waals surface area contributed by atoms with E-state index in [2.05, 4.69) is 15.8 Å². The molecule has 148 valence electrons. The number of pyridine rings is 1. The molecule has 0 spiro atoms. The molecule has 28 heavy (non-hydrogen) atoms. The number of Topliss-reactive ketones (excluding diaryl/α,β-unsaturated/α-hetero) is 1. The number of carbonyl (C=O) groups is 3. The van der Waals surface area contributed by atoms with Gasteiger partial charge >= 0.3 is 0 Å². The maximum absolute atomic E-state index is 11.9. The molecule has 1 aromatic heterocycles. The van der Waals surface area contributed by atoms with Crippen LogP contribution in [0.4, 0.5) is 0 Å². The first-order valence-electron chi connectivity index (χ1n) is 8.85. The third-order valence-corrected chi connectivity index (χ3v) is 6.80. The number of aromatic nitrogens is 1. The number of hydrogen-bond donors (Lipinski definition) is 2. The molecule has 0 fully saturated rings. The monoisotopic (exact) mass is 417 g/mol. The molecule has 0 bridgehead atoms. The summed E-state index contributed by atoms with van der Waals surface area (Å²) in [6, 6.07) is 11.0. The van der Waals surface area contributed by atoms with Crippen LogP contribution in [0.25, 0.3) is 0 Å². The molecule has 1 unspecified atom stereocenters. The SMILES string of the molecule is CC(=O)Cc1ccccc1SSC(C)CCC(=O)NNC(=O)c1ccncc1. The first kappa shape index (κ1) is 22.0. The van der Waals surface area contributed by atoms with E-state index in [9.17, 15) is 14.4 Å². The number of nitrogens with zero attached hydrogens (tertiary/aromatic N) is 1. The lowest BCUT2D eigenvalue weighted by atomic mass is 10.1. The number of hydrazine groups is 1. The van der Waals surface area contributed by atoms with E-state index in [0.717, 1.165) is 10.5 Å². The molecule has 0 aliphatic carbocycles. The molecular formula is C20H23N3O3S2. The molecule has 1 aromatic carbocycles. The summed E-state index contributed by atoms with van der Waals surface area (Å²) in [6.07, 6.45) is 4.44. The van der Waals surface area contributed by atoms with Gasteiger partial charge in [0.25, 0.3) is 5.91 Å². The average Bonchev–Trinajstić information content (AvgIpc) is 2.70. The number of rotatable bonds is 9. The zero-order valence-corrected chi connectivity index (χ0v) is 17.4. The van der Waals surface area contributed by atoms with Crippen molar-refractivity contribution in [3.05, 3.63) is 59.9 Å². The molecule has 6 nitrogen and oxygen atoms in total. The Kier molecular flexibility index (Phi) is 9.03. The summed E-state index contributed by atoms with van der Waals surface area (Å²) in [5.74, 6) is -0.482. The molecule has 2 N–H and O–H groups in total. The molecule has 0 saturated heterocycles. The van der Waals surface area contributed by atoms with E-state index >= 15 is 0 Å². The second kappa shape index (κ2) is 11.5. The van der Waals surface area contributed by atoms with Gasteiger partial charge in [0, 0.05) is 40.9 Å². The largest absolute Gasteiger partial charge is 0.300 e. The van der Waals surface area contributed by atoms with Crippen LogP contribution in [0.2, 0.25) is 0 Å². The van der Waals surface area contributed by atoms with E-state index in [0.29, 0.717) is 24.8 Å². The predicted octanol–water partition coefficient (Wildman–Crippen LogP) is 3.58. The van der Waals surface area contributed by atoms with Crippen LogP contribution in [0.5, 0.6) is 0 Å². The third-order valence-electron chi connectivity index (χ3n) is 3.75. The normalized spacial score (nSPS) is 11.5. The number of amides is 2. The van der Waals surface area contributed by atoms with Crippen molar-refractivity contribution < 1.29 is 14.4 Å². The van der Waals surface area contributed by atoms with Crippen LogP contribution in [0, 0.1) is 0 Å². The maximum Gasteiger partial charge on any atom is 0.269 e. The van der Waals surface area contributed by atoms with Gasteiger partial charge in [-0.2, -0.15) is 0 Å². The van der Waals surface area contributed by atoms with E-state index in [-0.39, 0.29) is 22.8 Å². The standard InChI is InChI=1S/C20H23N3O3S2/c1-14(24)13-17-5-3-4-6-18(17)28-27-15(2)7-8-19(25)22-23-20(26)16-9-11-21-12-10-16/h3-6,9-12,15H,7-8,13H2,1-2H3,(H,22,25)(H,23,26). The Morgan fingerprint density at radius 3 is 2.50 bits per heavy atom. The molecule has 1 heterocycles. The van der Waals surface area contributed by atoms with Gasteiger partial charge in [-0.1, -0.05) is 46.7 Å². The lowest BCUT2D eigenvalue weighted by Crippen LogP contribution is -2.41. The first-order chi connectivity index (χ1) is 13.5. The second-order valence-electron chi connectivity index (χ2n) is 6.25. The van der Waals surface area contributed by atoms with Crippen molar-refractivity contribution in [2.45, 2.75) is 43.3 Å². The fourth-order valence-corrected chi connectivity index (χ4v) is 4.72. The Labute approximate surface area is 172 Å². The molecule has 8 heteroatoms. The summed E-state index contributed by atoms with van der Waals surface area (Å²) in [6.45, 7) is 3.64. The van der Waals surface area contributed by atoms with Crippen LogP contribution in [0.15, 0.2) is 53.7 Å². The van der Waals surface area contributed by atoms with Crippen molar-refractivity contribution in [1.82, 2.24) is 15.8 Å². The van der Waals surface area contributed by atoms with Crippen LogP contribution in [0.1, 0.15) is 42.6 Å². The Hall–Kier alpha value is -2.32. The number of benzene rings is 1. The fraction of sp³-hybridized carbons (Fsp3) is 0.300. The van der Waals surface area contributed by atoms with E-state index in [4.69, 9.17) is 0 Å². The minimum atomic E-state index is -0.379. The number of ketones is 1. The molecule has 2 aromatic rings. The van der Waals surface area contributed by atoms with Crippen LogP contribution >= 0.6 is 21.6 Å². The van der Waals surface area contributed by atoms with Crippen LogP contribution in [-0.4, -0.2) is 27.8 Å². The van der Waals surface area contributed by atoms with Gasteiger partial charge in [-0.05, 0) is 37.1 Å². The Morgan fingerprint density at radius 2 is 1.79 bits per heavy atom. The highest BCUT2D eigenvalue weighted by atomic mass is 33.1. The van der Waals surface area contributed by atoms with Crippen molar-refractivity contribution in [2.75, 3.05) is 0 Å². The maximum atomic E-state index is 11.9. The average molecular weight is 418 g/mol. The molecule has 0 aliphatic heterocycles. The summed E-state index contributed by atoms with van der Waals surface area (Å²) in [5, 5.41) is 0.233. The van der Waals surface area contributed by atoms with Gasteiger partial charge in [-0.25, -0.2) is 0 Å². The molecule has 2 rings (SSSR count). The smallest absolute Gasteiger partial charge is 0.269 e. The highest BCUT2D eigenvalue weighted by Gasteiger charge is 2.12. The lowest BCUT2D eigenvalue weighted by Gasteiger charge is -2.12. The molecule has 0 radical (unpaired) electrons. The van der Waals surface area contributed by atoms with Gasteiger partial charge in [-0.3, -0.25) is 30.2 Å². The van der Waals surface area contributed by atoms with Gasteiger partial charge in [0.05, 0.1) is 0 Å². The van der Waals surface area contributed by atoms with Crippen molar-refractivity contribution in [1.29, 1.82) is 0 Å². The number of hydrogen-bond acceptors (Lipinski definition) is 6. The van der Waals surface area contributed by atoms with Gasteiger partial charge in [0.1, 0.15) is 5.78 Å². The minimum absolute atomic E-state index is 0.136. The van der Waals surface area contributed by atoms with Crippen molar-refractivity contribution in [3.8, 4) is 0 Å². The summed E-state index contributed by atoms with van der Waals surface area (Å²) < 4.78 is 0. The van der Waals surface area contributed by atoms with Gasteiger partial charge in [0.15, 0.2) is 0 Å². The summed E-state index contributed by atoms with van der Waals surface area (Å²) >= 11 is 0. The van der Waals surface area contributed by atoms with Gasteiger partial charge in [0.2, 0.25) is 5.91 Å². The topological polar surface area (TPSA) is 88.2 Å². The zero-order valence-electron chi connectivity index (χ0n) is 15.8. The minimum Gasteiger partial charge on any atom is -0.300 e. The fourth-order valence-electron chi connectivity index (χ4n) is 2.28. The van der Waals surface area contributed by atoms with Crippen molar-refractivity contribution in [2.24, 2.45) is 0 Å². The number of nitrogens with one attached hydrogen (secondary N) is 2. The molecule has 1 atom stereocenters. The number of carbonyl (C=O) groups excluding carboxylic acids is 3. The molecule has 0 aliphatic rings. The van der Waals surface area contributed by atoms with E-state index < -0.39 is 0 Å². The highest BCUT2D eigenvalue weighted by molar-refractivity contribution is 8.77. The summed E-state index contributed by atoms with van der Waals surface area (Å²) in [5.41, 5.74) is 6.28. The summed E-state index contributed by atoms with van der Waals surface area (Å²) in [7, 11) is 3.29. The highest BCUT2D eigenvalue weighted by Crippen LogP contribution is 2.37. The van der Waals surface area contributed by atoms with Gasteiger partial charge < -0.3 is 0 Å². The predicted molar refractivity (Wildman–Crippen MR) is 113 cm³/mol. The Morgan fingerprint density at radius 1 is 1.07 bits per heavy atom. The quantitative estimate of drug-likeness (QED) is 0.479. The zero-order chi connectivity index (χ0) is 20.4. The summed E-state index contributed by atoms with van der Waals surface area (Å²) in [4.78, 5) is 40.1. The van der Waals surface area contributed by atoms with Crippen LogP contribution < -0.4 is 10.9 Å². The van der Waals surface area contributed by atoms with Crippen molar-refractivity contribution in [3.63, 3.8) is 0 Å². The van der Waals surface area contributed by atoms with Crippen LogP contribution in [0.3, 0.4) is 0 Å². The van der Waals surface area contributed by atoms with Crippen molar-refractivity contribution >= 4 is 39.2 Å². The Bertz CT molecular complexity index is 815. The van der Waals surface area contributed by atoms with Gasteiger partial charge in [-0.15, -0.1) is 0 Å². The van der Waals surface area contributed by atoms with E-state index in [1.807, 2.05) is 31.2 Å². The lowest BCUT2D eigenvalue weighted by molar-refractivity contribution is -0.122.